The summed E-state index contributed by atoms with van der Waals surface area (Å²) < 4.78 is 10.1. The van der Waals surface area contributed by atoms with E-state index in [-0.39, 0.29) is 24.8 Å². The van der Waals surface area contributed by atoms with E-state index in [1.165, 1.54) is 6.08 Å². The van der Waals surface area contributed by atoms with Gasteiger partial charge in [0.05, 0.1) is 6.10 Å². The molecular weight excluding hydrogens is 252 g/mol. The van der Waals surface area contributed by atoms with Crippen molar-refractivity contribution in [1.29, 1.82) is 0 Å². The maximum Gasteiger partial charge on any atom is 0.407 e. The maximum absolute atomic E-state index is 11.4. The molecule has 2 amide bonds. The molecule has 1 aliphatic carbocycles. The van der Waals surface area contributed by atoms with E-state index in [1.54, 1.807) is 7.11 Å². The highest BCUT2D eigenvalue weighted by Gasteiger charge is 2.30. The lowest BCUT2D eigenvalue weighted by Gasteiger charge is -2.34. The number of hydrogen-bond donors (Lipinski definition) is 3. The molecule has 0 radical (unpaired) electrons. The largest absolute Gasteiger partial charge is 0.465 e. The summed E-state index contributed by atoms with van der Waals surface area (Å²) in [5.74, 6) is 0. The van der Waals surface area contributed by atoms with E-state index in [2.05, 4.69) is 17.2 Å². The van der Waals surface area contributed by atoms with Crippen LogP contribution in [0.15, 0.2) is 12.7 Å². The second-order valence-corrected chi connectivity index (χ2v) is 4.44. The van der Waals surface area contributed by atoms with Gasteiger partial charge in [0.1, 0.15) is 6.61 Å². The molecule has 1 fully saturated rings. The van der Waals surface area contributed by atoms with Crippen LogP contribution in [0.4, 0.5) is 9.59 Å². The Bertz CT molecular complexity index is 334. The van der Waals surface area contributed by atoms with Crippen LogP contribution in [0.1, 0.15) is 19.3 Å². The molecule has 0 heterocycles. The molecule has 1 aliphatic rings. The molecule has 1 saturated carbocycles. The van der Waals surface area contributed by atoms with Crippen molar-refractivity contribution in [2.24, 2.45) is 0 Å². The van der Waals surface area contributed by atoms with E-state index in [9.17, 15) is 9.59 Å². The third-order valence-electron chi connectivity index (χ3n) is 2.98. The maximum atomic E-state index is 11.4. The molecule has 0 saturated heterocycles. The first-order valence-corrected chi connectivity index (χ1v) is 6.11. The average Bonchev–Trinajstić information content (AvgIpc) is 2.35. The van der Waals surface area contributed by atoms with Gasteiger partial charge in [-0.25, -0.2) is 9.59 Å². The van der Waals surface area contributed by atoms with Gasteiger partial charge in [0, 0.05) is 19.2 Å². The highest BCUT2D eigenvalue weighted by molar-refractivity contribution is 5.68. The molecule has 19 heavy (non-hydrogen) atoms. The van der Waals surface area contributed by atoms with E-state index in [1.807, 2.05) is 0 Å². The van der Waals surface area contributed by atoms with Crippen molar-refractivity contribution in [2.45, 2.75) is 37.5 Å². The SMILES string of the molecule is C=CCOC(=O)N[C@@H]1C[C@H](NC(=O)O)C[C@H](OC)C1. The molecule has 0 aromatic rings. The lowest BCUT2D eigenvalue weighted by Crippen LogP contribution is -2.49. The van der Waals surface area contributed by atoms with E-state index >= 15 is 0 Å². The number of ether oxygens (including phenoxy) is 2. The zero-order chi connectivity index (χ0) is 14.3. The molecule has 0 aromatic heterocycles. The quantitative estimate of drug-likeness (QED) is 0.651. The predicted octanol–water partition coefficient (Wildman–Crippen LogP) is 1.10. The van der Waals surface area contributed by atoms with Crippen LogP contribution in [0.5, 0.6) is 0 Å². The molecule has 0 spiro atoms. The van der Waals surface area contributed by atoms with Gasteiger partial charge in [0.15, 0.2) is 0 Å². The third-order valence-corrected chi connectivity index (χ3v) is 2.98. The van der Waals surface area contributed by atoms with Crippen LogP contribution < -0.4 is 10.6 Å². The van der Waals surface area contributed by atoms with Crippen LogP contribution in [0.25, 0.3) is 0 Å². The molecule has 0 bridgehead atoms. The number of carboxylic acid groups (broad SMARTS) is 1. The summed E-state index contributed by atoms with van der Waals surface area (Å²) >= 11 is 0. The number of rotatable bonds is 5. The molecule has 0 aliphatic heterocycles. The summed E-state index contributed by atoms with van der Waals surface area (Å²) in [5.41, 5.74) is 0. The topological polar surface area (TPSA) is 96.9 Å². The van der Waals surface area contributed by atoms with E-state index < -0.39 is 12.2 Å². The smallest absolute Gasteiger partial charge is 0.407 e. The number of alkyl carbamates (subject to hydrolysis) is 1. The van der Waals surface area contributed by atoms with Gasteiger partial charge in [-0.05, 0) is 19.3 Å². The number of carbonyl (C=O) groups is 2. The van der Waals surface area contributed by atoms with Crippen molar-refractivity contribution in [3.8, 4) is 0 Å². The molecule has 7 heteroatoms. The summed E-state index contributed by atoms with van der Waals surface area (Å²) in [7, 11) is 1.57. The van der Waals surface area contributed by atoms with Crippen molar-refractivity contribution in [2.75, 3.05) is 13.7 Å². The van der Waals surface area contributed by atoms with E-state index in [0.29, 0.717) is 19.3 Å². The average molecular weight is 272 g/mol. The lowest BCUT2D eigenvalue weighted by atomic mass is 9.89. The number of hydrogen-bond acceptors (Lipinski definition) is 4. The monoisotopic (exact) mass is 272 g/mol. The van der Waals surface area contributed by atoms with E-state index in [4.69, 9.17) is 14.6 Å². The summed E-state index contributed by atoms with van der Waals surface area (Å²) in [4.78, 5) is 22.1. The Hall–Kier alpha value is -1.76. The second-order valence-electron chi connectivity index (χ2n) is 4.44. The van der Waals surface area contributed by atoms with Gasteiger partial charge in [-0.1, -0.05) is 12.7 Å². The van der Waals surface area contributed by atoms with Gasteiger partial charge in [0.25, 0.3) is 0 Å². The van der Waals surface area contributed by atoms with Crippen molar-refractivity contribution in [1.82, 2.24) is 10.6 Å². The third kappa shape index (κ3) is 5.60. The molecule has 1 rings (SSSR count). The van der Waals surface area contributed by atoms with E-state index in [0.717, 1.165) is 0 Å². The van der Waals surface area contributed by atoms with Gasteiger partial charge in [-0.3, -0.25) is 0 Å². The van der Waals surface area contributed by atoms with Gasteiger partial charge >= 0.3 is 12.2 Å². The van der Waals surface area contributed by atoms with Crippen LogP contribution in [0.2, 0.25) is 0 Å². The summed E-state index contributed by atoms with van der Waals surface area (Å²) in [5, 5.41) is 13.9. The molecule has 108 valence electrons. The number of methoxy groups -OCH3 is 1. The van der Waals surface area contributed by atoms with Gasteiger partial charge in [0.2, 0.25) is 0 Å². The Balaban J connectivity index is 2.49. The zero-order valence-electron chi connectivity index (χ0n) is 10.9. The van der Waals surface area contributed by atoms with Gasteiger partial charge in [-0.2, -0.15) is 0 Å². The Labute approximate surface area is 112 Å². The minimum atomic E-state index is -1.07. The molecule has 0 aromatic carbocycles. The Morgan fingerprint density at radius 1 is 1.32 bits per heavy atom. The fraction of sp³-hybridized carbons (Fsp3) is 0.667. The molecule has 3 atom stereocenters. The number of amides is 2. The molecule has 0 unspecified atom stereocenters. The first kappa shape index (κ1) is 15.3. The van der Waals surface area contributed by atoms with Crippen LogP contribution in [-0.2, 0) is 9.47 Å². The van der Waals surface area contributed by atoms with Crippen LogP contribution in [-0.4, -0.2) is 49.2 Å². The Morgan fingerprint density at radius 3 is 2.47 bits per heavy atom. The highest BCUT2D eigenvalue weighted by Crippen LogP contribution is 2.21. The van der Waals surface area contributed by atoms with Crippen molar-refractivity contribution in [3.63, 3.8) is 0 Å². The zero-order valence-corrected chi connectivity index (χ0v) is 10.9. The molecule has 3 N–H and O–H groups in total. The van der Waals surface area contributed by atoms with Gasteiger partial charge in [-0.15, -0.1) is 0 Å². The summed E-state index contributed by atoms with van der Waals surface area (Å²) in [6, 6.07) is -0.409. The fourth-order valence-corrected chi connectivity index (χ4v) is 2.21. The van der Waals surface area contributed by atoms with Crippen LogP contribution in [0.3, 0.4) is 0 Å². The van der Waals surface area contributed by atoms with Crippen molar-refractivity contribution in [3.05, 3.63) is 12.7 Å². The summed E-state index contributed by atoms with van der Waals surface area (Å²) in [6.45, 7) is 3.59. The summed E-state index contributed by atoms with van der Waals surface area (Å²) in [6.07, 6.45) is 1.55. The first-order chi connectivity index (χ1) is 9.05. The van der Waals surface area contributed by atoms with Gasteiger partial charge < -0.3 is 25.2 Å². The van der Waals surface area contributed by atoms with Crippen LogP contribution >= 0.6 is 0 Å². The Morgan fingerprint density at radius 2 is 1.95 bits per heavy atom. The molecular formula is C12H20N2O5. The first-order valence-electron chi connectivity index (χ1n) is 6.11. The van der Waals surface area contributed by atoms with Crippen molar-refractivity contribution >= 4 is 12.2 Å². The van der Waals surface area contributed by atoms with Crippen LogP contribution in [0, 0.1) is 0 Å². The molecule has 7 nitrogen and oxygen atoms in total. The lowest BCUT2D eigenvalue weighted by molar-refractivity contribution is 0.0454. The standard InChI is InChI=1S/C12H20N2O5/c1-3-4-19-12(17)14-9-5-8(13-11(15)16)6-10(7-9)18-2/h3,8-10,13H,1,4-7H2,2H3,(H,14,17)(H,15,16)/t8-,9+,10-/m0/s1. The fourth-order valence-electron chi connectivity index (χ4n) is 2.21. The highest BCUT2D eigenvalue weighted by atomic mass is 16.5. The number of carbonyl (C=O) groups excluding carboxylic acids is 1. The predicted molar refractivity (Wildman–Crippen MR) is 68.1 cm³/mol. The minimum Gasteiger partial charge on any atom is -0.465 e. The normalized spacial score (nSPS) is 26.3. The minimum absolute atomic E-state index is 0.0877. The number of nitrogens with one attached hydrogen (secondary N) is 2. The Kier molecular flexibility index (Phi) is 6.14. The second kappa shape index (κ2) is 7.63. The van der Waals surface area contributed by atoms with Crippen molar-refractivity contribution < 1.29 is 24.2 Å².